The zero-order valence-corrected chi connectivity index (χ0v) is 19.0. The number of carbonyl (C=O) groups excluding carboxylic acids is 1. The zero-order valence-electron chi connectivity index (χ0n) is 17.4. The average molecular weight is 454 g/mol. The summed E-state index contributed by atoms with van der Waals surface area (Å²) in [6.45, 7) is 1.81. The van der Waals surface area contributed by atoms with Crippen molar-refractivity contribution in [1.29, 1.82) is 5.26 Å². The van der Waals surface area contributed by atoms with Gasteiger partial charge in [0.1, 0.15) is 16.8 Å². The minimum absolute atomic E-state index is 0.159. The molecule has 0 fully saturated rings. The van der Waals surface area contributed by atoms with Crippen molar-refractivity contribution in [3.05, 3.63) is 40.3 Å². The molecule has 31 heavy (non-hydrogen) atoms. The molecule has 0 saturated heterocycles. The molecule has 160 valence electrons. The highest BCUT2D eigenvalue weighted by atomic mass is 32.2. The van der Waals surface area contributed by atoms with Gasteiger partial charge >= 0.3 is 0 Å². The maximum atomic E-state index is 12.8. The van der Waals surface area contributed by atoms with Crippen molar-refractivity contribution in [1.82, 2.24) is 15.2 Å². The summed E-state index contributed by atoms with van der Waals surface area (Å²) in [4.78, 5) is 18.5. The molecule has 3 aromatic rings. The minimum atomic E-state index is -0.409. The molecule has 4 rings (SSSR count). The van der Waals surface area contributed by atoms with Gasteiger partial charge in [-0.05, 0) is 62.4 Å². The van der Waals surface area contributed by atoms with Crippen LogP contribution in [0.1, 0.15) is 42.2 Å². The molecule has 7 nitrogen and oxygen atoms in total. The molecule has 0 saturated carbocycles. The maximum Gasteiger partial charge on any atom is 0.238 e. The number of benzene rings is 1. The summed E-state index contributed by atoms with van der Waals surface area (Å²) in [5, 5.41) is 20.5. The Bertz CT molecular complexity index is 1110. The van der Waals surface area contributed by atoms with Gasteiger partial charge in [0.05, 0.1) is 17.9 Å². The maximum absolute atomic E-state index is 12.8. The van der Waals surface area contributed by atoms with E-state index in [1.54, 1.807) is 18.4 Å². The number of anilines is 1. The van der Waals surface area contributed by atoms with E-state index >= 15 is 0 Å². The van der Waals surface area contributed by atoms with Crippen LogP contribution in [0.5, 0.6) is 5.75 Å². The first-order valence-electron chi connectivity index (χ1n) is 10.2. The number of hydrogen-bond acceptors (Lipinski definition) is 7. The van der Waals surface area contributed by atoms with Crippen molar-refractivity contribution < 1.29 is 9.53 Å². The second-order valence-electron chi connectivity index (χ2n) is 7.32. The molecule has 0 spiro atoms. The Kier molecular flexibility index (Phi) is 6.59. The summed E-state index contributed by atoms with van der Waals surface area (Å²) in [6, 6.07) is 9.81. The smallest absolute Gasteiger partial charge is 0.238 e. The van der Waals surface area contributed by atoms with Gasteiger partial charge in [0.2, 0.25) is 11.1 Å². The molecule has 1 amide bonds. The second kappa shape index (κ2) is 9.54. The van der Waals surface area contributed by atoms with Crippen LogP contribution < -0.4 is 10.1 Å². The molecule has 2 heterocycles. The molecule has 1 atom stereocenters. The number of nitrogens with one attached hydrogen (secondary N) is 2. The van der Waals surface area contributed by atoms with Crippen LogP contribution in [0, 0.1) is 11.3 Å². The number of hydrogen-bond donors (Lipinski definition) is 2. The number of amides is 1. The molecule has 2 aromatic heterocycles. The number of thioether (sulfide) groups is 1. The van der Waals surface area contributed by atoms with E-state index in [0.29, 0.717) is 21.5 Å². The second-order valence-corrected chi connectivity index (χ2v) is 9.74. The van der Waals surface area contributed by atoms with Crippen LogP contribution in [0.3, 0.4) is 0 Å². The van der Waals surface area contributed by atoms with Gasteiger partial charge in [0.25, 0.3) is 0 Å². The van der Waals surface area contributed by atoms with E-state index in [4.69, 9.17) is 4.74 Å². The monoisotopic (exact) mass is 453 g/mol. The standard InChI is InChI=1S/C22H23N5O2S2/c1-13(30-22-24-19(26-27-22)14-8-10-15(29-2)11-9-14)20(28)25-21-17(12-23)16-6-4-3-5-7-18(16)31-21/h8-11,13H,3-7H2,1-2H3,(H,25,28)(H,24,26,27)/t13-/m1/s1. The lowest BCUT2D eigenvalue weighted by Gasteiger charge is -2.09. The van der Waals surface area contributed by atoms with Crippen LogP contribution in [-0.4, -0.2) is 33.4 Å². The highest BCUT2D eigenvalue weighted by Gasteiger charge is 2.24. The quantitative estimate of drug-likeness (QED) is 0.410. The summed E-state index contributed by atoms with van der Waals surface area (Å²) in [7, 11) is 1.62. The minimum Gasteiger partial charge on any atom is -0.497 e. The van der Waals surface area contributed by atoms with Crippen molar-refractivity contribution >= 4 is 34.0 Å². The van der Waals surface area contributed by atoms with E-state index in [0.717, 1.165) is 42.6 Å². The number of aromatic nitrogens is 3. The normalized spacial score (nSPS) is 14.2. The van der Waals surface area contributed by atoms with E-state index in [9.17, 15) is 10.1 Å². The summed E-state index contributed by atoms with van der Waals surface area (Å²) >= 11 is 2.82. The van der Waals surface area contributed by atoms with Crippen molar-refractivity contribution in [2.75, 3.05) is 12.4 Å². The Morgan fingerprint density at radius 2 is 2.06 bits per heavy atom. The number of thiophene rings is 1. The fourth-order valence-corrected chi connectivity index (χ4v) is 5.52. The number of fused-ring (bicyclic) bond motifs is 1. The molecular formula is C22H23N5O2S2. The predicted octanol–water partition coefficient (Wildman–Crippen LogP) is 4.80. The highest BCUT2D eigenvalue weighted by Crippen LogP contribution is 2.37. The SMILES string of the molecule is COc1ccc(-c2nc(S[C@H](C)C(=O)Nc3sc4c(c3C#N)CCCCC4)n[nH]2)cc1. The van der Waals surface area contributed by atoms with Crippen molar-refractivity contribution in [2.24, 2.45) is 0 Å². The molecule has 2 N–H and O–H groups in total. The van der Waals surface area contributed by atoms with Gasteiger partial charge in [-0.2, -0.15) is 5.26 Å². The van der Waals surface area contributed by atoms with Crippen molar-refractivity contribution in [3.63, 3.8) is 0 Å². The Hall–Kier alpha value is -2.83. The first-order chi connectivity index (χ1) is 15.1. The Morgan fingerprint density at radius 1 is 1.29 bits per heavy atom. The molecule has 1 aliphatic rings. The lowest BCUT2D eigenvalue weighted by atomic mass is 10.1. The van der Waals surface area contributed by atoms with Gasteiger partial charge in [-0.25, -0.2) is 4.98 Å². The summed E-state index contributed by atoms with van der Waals surface area (Å²) in [6.07, 6.45) is 5.33. The molecule has 0 radical (unpaired) electrons. The zero-order chi connectivity index (χ0) is 21.8. The Morgan fingerprint density at radius 3 is 2.81 bits per heavy atom. The summed E-state index contributed by atoms with van der Waals surface area (Å²) in [5.41, 5.74) is 2.64. The number of aromatic amines is 1. The highest BCUT2D eigenvalue weighted by molar-refractivity contribution is 8.00. The Labute approximate surface area is 189 Å². The average Bonchev–Trinajstić information content (AvgIpc) is 3.30. The van der Waals surface area contributed by atoms with E-state index < -0.39 is 5.25 Å². The van der Waals surface area contributed by atoms with Gasteiger partial charge < -0.3 is 10.1 Å². The molecule has 1 aliphatic carbocycles. The lowest BCUT2D eigenvalue weighted by molar-refractivity contribution is -0.115. The molecular weight excluding hydrogens is 430 g/mol. The number of carbonyl (C=O) groups is 1. The van der Waals surface area contributed by atoms with Crippen molar-refractivity contribution in [3.8, 4) is 23.2 Å². The topological polar surface area (TPSA) is 104 Å². The number of methoxy groups -OCH3 is 1. The Balaban J connectivity index is 1.43. The molecule has 0 unspecified atom stereocenters. The predicted molar refractivity (Wildman–Crippen MR) is 123 cm³/mol. The number of ether oxygens (including phenoxy) is 1. The van der Waals surface area contributed by atoms with Crippen LogP contribution in [0.15, 0.2) is 29.4 Å². The number of H-pyrrole nitrogens is 1. The van der Waals surface area contributed by atoms with Crippen LogP contribution in [0.2, 0.25) is 0 Å². The van der Waals surface area contributed by atoms with Crippen LogP contribution in [0.25, 0.3) is 11.4 Å². The molecule has 0 bridgehead atoms. The number of rotatable bonds is 6. The van der Waals surface area contributed by atoms with Crippen molar-refractivity contribution in [2.45, 2.75) is 49.4 Å². The van der Waals surface area contributed by atoms with E-state index in [1.807, 2.05) is 31.2 Å². The van der Waals surface area contributed by atoms with E-state index in [2.05, 4.69) is 26.6 Å². The molecule has 1 aromatic carbocycles. The number of nitriles is 1. The first-order valence-corrected chi connectivity index (χ1v) is 11.9. The largest absolute Gasteiger partial charge is 0.497 e. The summed E-state index contributed by atoms with van der Waals surface area (Å²) < 4.78 is 5.17. The van der Waals surface area contributed by atoms with Crippen LogP contribution in [-0.2, 0) is 17.6 Å². The molecule has 9 heteroatoms. The van der Waals surface area contributed by atoms with Gasteiger partial charge in [0.15, 0.2) is 5.82 Å². The van der Waals surface area contributed by atoms with Gasteiger partial charge in [-0.1, -0.05) is 18.2 Å². The van der Waals surface area contributed by atoms with Crippen LogP contribution in [0.4, 0.5) is 5.00 Å². The van der Waals surface area contributed by atoms with E-state index in [1.165, 1.54) is 23.1 Å². The fourth-order valence-electron chi connectivity index (χ4n) is 3.55. The summed E-state index contributed by atoms with van der Waals surface area (Å²) in [5.74, 6) is 1.24. The van der Waals surface area contributed by atoms with Crippen LogP contribution >= 0.6 is 23.1 Å². The number of nitrogens with zero attached hydrogens (tertiary/aromatic N) is 3. The first kappa shape index (κ1) is 21.4. The third kappa shape index (κ3) is 4.75. The van der Waals surface area contributed by atoms with E-state index in [-0.39, 0.29) is 5.91 Å². The third-order valence-electron chi connectivity index (χ3n) is 5.25. The molecule has 0 aliphatic heterocycles. The van der Waals surface area contributed by atoms with Gasteiger partial charge in [-0.3, -0.25) is 9.89 Å². The lowest BCUT2D eigenvalue weighted by Crippen LogP contribution is -2.22. The third-order valence-corrected chi connectivity index (χ3v) is 7.42. The van der Waals surface area contributed by atoms with Gasteiger partial charge in [0, 0.05) is 10.4 Å². The number of aryl methyl sites for hydroxylation is 1. The van der Waals surface area contributed by atoms with Gasteiger partial charge in [-0.15, -0.1) is 16.4 Å². The fraction of sp³-hybridized carbons (Fsp3) is 0.364.